The normalized spacial score (nSPS) is 16.7. The highest BCUT2D eigenvalue weighted by molar-refractivity contribution is 7.32. The van der Waals surface area contributed by atoms with Gasteiger partial charge in [-0.15, -0.1) is 0 Å². The quantitative estimate of drug-likeness (QED) is 0.738. The first kappa shape index (κ1) is 16.3. The third-order valence-corrected chi connectivity index (χ3v) is 4.53. The third-order valence-electron chi connectivity index (χ3n) is 4.11. The summed E-state index contributed by atoms with van der Waals surface area (Å²) in [6.45, 7) is 0.820. The van der Waals surface area contributed by atoms with Crippen LogP contribution in [0.3, 0.4) is 0 Å². The van der Waals surface area contributed by atoms with Gasteiger partial charge in [0.05, 0.1) is 6.61 Å². The van der Waals surface area contributed by atoms with Gasteiger partial charge in [0.25, 0.3) is 0 Å². The fourth-order valence-electron chi connectivity index (χ4n) is 2.74. The summed E-state index contributed by atoms with van der Waals surface area (Å²) in [6.07, 6.45) is 2.30. The lowest BCUT2D eigenvalue weighted by Gasteiger charge is -2.17. The summed E-state index contributed by atoms with van der Waals surface area (Å²) in [5.74, 6) is 1.52. The van der Waals surface area contributed by atoms with E-state index in [0.717, 1.165) is 29.7 Å². The summed E-state index contributed by atoms with van der Waals surface area (Å²) in [7, 11) is -2.88. The topological polar surface area (TPSA) is 55.8 Å². The largest absolute Gasteiger partial charge is 0.489 e. The Morgan fingerprint density at radius 1 is 1.13 bits per heavy atom. The maximum atomic E-state index is 10.8. The molecule has 1 aliphatic carbocycles. The lowest BCUT2D eigenvalue weighted by molar-refractivity contribution is 0.251. The van der Waals surface area contributed by atoms with Crippen molar-refractivity contribution in [2.75, 3.05) is 6.61 Å². The summed E-state index contributed by atoms with van der Waals surface area (Å²) < 4.78 is 21.7. The van der Waals surface area contributed by atoms with Gasteiger partial charge in [-0.1, -0.05) is 42.5 Å². The maximum absolute atomic E-state index is 10.8. The van der Waals surface area contributed by atoms with Crippen LogP contribution in [0.4, 0.5) is 0 Å². The lowest BCUT2D eigenvalue weighted by Crippen LogP contribution is -2.08. The van der Waals surface area contributed by atoms with E-state index < -0.39 is 8.25 Å². The van der Waals surface area contributed by atoms with Crippen molar-refractivity contribution in [2.24, 2.45) is 5.92 Å². The highest BCUT2D eigenvalue weighted by atomic mass is 31.1. The standard InChI is InChI=1S/C18H21O4P/c19-23(20)22-13-18(15-9-10-15)16-7-4-8-17(11-16)21-12-14-5-2-1-3-6-14/h1-8,11,15,18,23H,9-10,12-13H2,(H,19,20). The summed E-state index contributed by atoms with van der Waals surface area (Å²) in [6, 6.07) is 18.0. The first-order chi connectivity index (χ1) is 11.2. The van der Waals surface area contributed by atoms with Crippen molar-refractivity contribution >= 4 is 8.25 Å². The molecule has 0 amide bonds. The van der Waals surface area contributed by atoms with Gasteiger partial charge < -0.3 is 14.2 Å². The van der Waals surface area contributed by atoms with E-state index in [1.165, 1.54) is 0 Å². The average Bonchev–Trinajstić information content (AvgIpc) is 3.39. The van der Waals surface area contributed by atoms with Gasteiger partial charge in [0, 0.05) is 5.92 Å². The number of hydrogen-bond donors (Lipinski definition) is 1. The highest BCUT2D eigenvalue weighted by Crippen LogP contribution is 2.44. The van der Waals surface area contributed by atoms with E-state index in [2.05, 4.69) is 0 Å². The Labute approximate surface area is 137 Å². The zero-order valence-electron chi connectivity index (χ0n) is 12.9. The molecule has 2 aromatic rings. The molecule has 0 bridgehead atoms. The fourth-order valence-corrected chi connectivity index (χ4v) is 3.06. The van der Waals surface area contributed by atoms with Crippen molar-refractivity contribution in [3.63, 3.8) is 0 Å². The van der Waals surface area contributed by atoms with Crippen LogP contribution in [0.5, 0.6) is 5.75 Å². The number of ether oxygens (including phenoxy) is 1. The third kappa shape index (κ3) is 4.93. The van der Waals surface area contributed by atoms with Crippen molar-refractivity contribution in [1.29, 1.82) is 0 Å². The number of benzene rings is 2. The van der Waals surface area contributed by atoms with Crippen LogP contribution in [-0.4, -0.2) is 11.5 Å². The second-order valence-corrected chi connectivity index (χ2v) is 6.69. The first-order valence-corrected chi connectivity index (χ1v) is 9.11. The second kappa shape index (κ2) is 7.78. The molecule has 1 saturated carbocycles. The molecular weight excluding hydrogens is 311 g/mol. The summed E-state index contributed by atoms with van der Waals surface area (Å²) in [5.41, 5.74) is 2.24. The Kier molecular flexibility index (Phi) is 5.50. The molecule has 1 N–H and O–H groups in total. The Morgan fingerprint density at radius 2 is 1.91 bits per heavy atom. The molecular formula is C18H21O4P. The van der Waals surface area contributed by atoms with Crippen LogP contribution in [0, 0.1) is 5.92 Å². The maximum Gasteiger partial charge on any atom is 0.316 e. The monoisotopic (exact) mass is 332 g/mol. The summed E-state index contributed by atoms with van der Waals surface area (Å²) in [5, 5.41) is 0. The van der Waals surface area contributed by atoms with Gasteiger partial charge in [-0.25, -0.2) is 0 Å². The molecule has 2 unspecified atom stereocenters. The molecule has 0 heterocycles. The summed E-state index contributed by atoms with van der Waals surface area (Å²) >= 11 is 0. The molecule has 0 aliphatic heterocycles. The Balaban J connectivity index is 1.66. The Bertz CT molecular complexity index is 655. The first-order valence-electron chi connectivity index (χ1n) is 7.85. The van der Waals surface area contributed by atoms with Crippen LogP contribution in [0.1, 0.15) is 29.9 Å². The molecule has 2 atom stereocenters. The van der Waals surface area contributed by atoms with Gasteiger partial charge in [-0.2, -0.15) is 0 Å². The minimum atomic E-state index is -2.88. The Morgan fingerprint density at radius 3 is 2.61 bits per heavy atom. The molecule has 0 radical (unpaired) electrons. The SMILES string of the molecule is O=[PH](O)OCC(c1cccc(OCc2ccccc2)c1)C1CC1. The molecule has 23 heavy (non-hydrogen) atoms. The van der Waals surface area contributed by atoms with Crippen LogP contribution in [0.25, 0.3) is 0 Å². The molecule has 5 heteroatoms. The van der Waals surface area contributed by atoms with Crippen molar-refractivity contribution in [2.45, 2.75) is 25.4 Å². The van der Waals surface area contributed by atoms with E-state index in [-0.39, 0.29) is 5.92 Å². The van der Waals surface area contributed by atoms with Gasteiger partial charge in [-0.05, 0) is 42.0 Å². The Hall–Kier alpha value is -1.61. The highest BCUT2D eigenvalue weighted by Gasteiger charge is 2.32. The van der Waals surface area contributed by atoms with E-state index in [4.69, 9.17) is 14.2 Å². The molecule has 122 valence electrons. The zero-order chi connectivity index (χ0) is 16.1. The van der Waals surface area contributed by atoms with Crippen molar-refractivity contribution in [3.8, 4) is 5.75 Å². The molecule has 2 aromatic carbocycles. The minimum Gasteiger partial charge on any atom is -0.489 e. The van der Waals surface area contributed by atoms with Crippen molar-refractivity contribution < 1.29 is 18.7 Å². The van der Waals surface area contributed by atoms with Crippen molar-refractivity contribution in [1.82, 2.24) is 0 Å². The molecule has 0 spiro atoms. The minimum absolute atomic E-state index is 0.163. The van der Waals surface area contributed by atoms with E-state index in [9.17, 15) is 4.57 Å². The van der Waals surface area contributed by atoms with Gasteiger partial charge in [0.1, 0.15) is 12.4 Å². The van der Waals surface area contributed by atoms with Crippen LogP contribution < -0.4 is 4.74 Å². The smallest absolute Gasteiger partial charge is 0.316 e. The van der Waals surface area contributed by atoms with Crippen LogP contribution in [0.2, 0.25) is 0 Å². The number of hydrogen-bond acceptors (Lipinski definition) is 3. The lowest BCUT2D eigenvalue weighted by atomic mass is 9.95. The van der Waals surface area contributed by atoms with E-state index in [1.807, 2.05) is 54.6 Å². The zero-order valence-corrected chi connectivity index (χ0v) is 13.9. The van der Waals surface area contributed by atoms with E-state index in [0.29, 0.717) is 19.1 Å². The number of rotatable bonds is 8. The van der Waals surface area contributed by atoms with Gasteiger partial charge in [-0.3, -0.25) is 4.57 Å². The molecule has 4 nitrogen and oxygen atoms in total. The molecule has 0 saturated heterocycles. The second-order valence-electron chi connectivity index (χ2n) is 5.87. The molecule has 1 fully saturated rings. The van der Waals surface area contributed by atoms with Gasteiger partial charge in [0.15, 0.2) is 0 Å². The molecule has 1 aliphatic rings. The van der Waals surface area contributed by atoms with Crippen molar-refractivity contribution in [3.05, 3.63) is 65.7 Å². The summed E-state index contributed by atoms with van der Waals surface area (Å²) in [4.78, 5) is 8.91. The molecule has 3 rings (SSSR count). The van der Waals surface area contributed by atoms with Crippen LogP contribution in [0.15, 0.2) is 54.6 Å². The van der Waals surface area contributed by atoms with E-state index in [1.54, 1.807) is 0 Å². The average molecular weight is 332 g/mol. The predicted octanol–water partition coefficient (Wildman–Crippen LogP) is 4.16. The van der Waals surface area contributed by atoms with Gasteiger partial charge in [0.2, 0.25) is 0 Å². The predicted molar refractivity (Wildman–Crippen MR) is 89.9 cm³/mol. The fraction of sp³-hybridized carbons (Fsp3) is 0.333. The van der Waals surface area contributed by atoms with E-state index >= 15 is 0 Å². The van der Waals surface area contributed by atoms with Crippen LogP contribution in [-0.2, 0) is 15.7 Å². The van der Waals surface area contributed by atoms with Gasteiger partial charge >= 0.3 is 8.25 Å². The van der Waals surface area contributed by atoms with Crippen LogP contribution >= 0.6 is 8.25 Å². The molecule has 0 aromatic heterocycles.